The number of halogens is 1. The van der Waals surface area contributed by atoms with Crippen molar-refractivity contribution in [3.63, 3.8) is 0 Å². The van der Waals surface area contributed by atoms with E-state index in [2.05, 4.69) is 33.4 Å². The van der Waals surface area contributed by atoms with Crippen molar-refractivity contribution in [2.75, 3.05) is 13.2 Å². The number of benzene rings is 2. The number of hydrogen-bond donors (Lipinski definition) is 2. The molecule has 0 aliphatic carbocycles. The number of carbonyl (C=O) groups is 1. The van der Waals surface area contributed by atoms with Gasteiger partial charge in [0.15, 0.2) is 5.79 Å². The molecule has 0 atom stereocenters. The Balaban J connectivity index is 1.48. The zero-order valence-corrected chi connectivity index (χ0v) is 18.0. The average Bonchev–Trinajstić information content (AvgIpc) is 2.66. The summed E-state index contributed by atoms with van der Waals surface area (Å²) in [4.78, 5) is 11.3. The van der Waals surface area contributed by atoms with Crippen molar-refractivity contribution in [3.05, 3.63) is 57.6 Å². The van der Waals surface area contributed by atoms with Crippen LogP contribution in [0.3, 0.4) is 0 Å². The fraction of sp³-hybridized carbons (Fsp3) is 0.409. The molecule has 1 fully saturated rings. The second kappa shape index (κ2) is 7.63. The van der Waals surface area contributed by atoms with Crippen molar-refractivity contribution in [1.29, 1.82) is 0 Å². The molecule has 1 saturated heterocycles. The van der Waals surface area contributed by atoms with E-state index in [0.29, 0.717) is 12.8 Å². The minimum absolute atomic E-state index is 0.280. The molecule has 2 aliphatic heterocycles. The lowest BCUT2D eigenvalue weighted by atomic mass is 9.90. The number of fused-ring (bicyclic) bond motifs is 2. The van der Waals surface area contributed by atoms with Gasteiger partial charge in [-0.25, -0.2) is 4.79 Å². The van der Waals surface area contributed by atoms with E-state index in [1.165, 1.54) is 0 Å². The van der Waals surface area contributed by atoms with Crippen LogP contribution in [0, 0.1) is 0 Å². The van der Waals surface area contributed by atoms with E-state index in [1.807, 2.05) is 38.1 Å². The van der Waals surface area contributed by atoms with Crippen molar-refractivity contribution in [3.8, 4) is 11.5 Å². The second-order valence-corrected chi connectivity index (χ2v) is 9.08. The maximum atomic E-state index is 11.3. The Bertz CT molecular complexity index is 933. The second-order valence-electron chi connectivity index (χ2n) is 8.16. The minimum atomic E-state index is -1.07. The Labute approximate surface area is 178 Å². The van der Waals surface area contributed by atoms with Crippen LogP contribution >= 0.6 is 15.9 Å². The first-order chi connectivity index (χ1) is 13.7. The normalized spacial score (nSPS) is 18.9. The monoisotopic (exact) mass is 461 g/mol. The average molecular weight is 462 g/mol. The quantitative estimate of drug-likeness (QED) is 0.579. The topological polar surface area (TPSA) is 77.0 Å². The molecule has 2 N–H and O–H groups in total. The van der Waals surface area contributed by atoms with Crippen LogP contribution in [0.25, 0.3) is 0 Å². The lowest BCUT2D eigenvalue weighted by Crippen LogP contribution is -2.61. The van der Waals surface area contributed by atoms with E-state index in [1.54, 1.807) is 0 Å². The van der Waals surface area contributed by atoms with Crippen molar-refractivity contribution in [1.82, 2.24) is 5.32 Å². The first-order valence-electron chi connectivity index (χ1n) is 9.61. The van der Waals surface area contributed by atoms with Crippen LogP contribution in [0.4, 0.5) is 4.79 Å². The van der Waals surface area contributed by atoms with Gasteiger partial charge in [0.2, 0.25) is 0 Å². The third-order valence-electron chi connectivity index (χ3n) is 5.40. The number of hydrogen-bond acceptors (Lipinski definition) is 4. The first-order valence-corrected chi connectivity index (χ1v) is 10.4. The molecule has 0 radical (unpaired) electrons. The highest BCUT2D eigenvalue weighted by molar-refractivity contribution is 9.10. The Kier molecular flexibility index (Phi) is 5.31. The number of carboxylic acid groups (broad SMARTS) is 1. The summed E-state index contributed by atoms with van der Waals surface area (Å²) in [5.41, 5.74) is 2.64. The summed E-state index contributed by atoms with van der Waals surface area (Å²) in [5.74, 6) is 1.05. The predicted octanol–water partition coefficient (Wildman–Crippen LogP) is 4.87. The standard InChI is InChI=1S/C22H24BrNO5/c1-21(2)27-12-22(13-28-21,24-20(25)26)8-7-14-3-5-18-15(9-14)10-16-11-17(23)4-6-19(16)29-18/h3-6,9,11,24H,7-8,10,12-13H2,1-2H3,(H,25,26). The van der Waals surface area contributed by atoms with Gasteiger partial charge in [0, 0.05) is 16.5 Å². The Morgan fingerprint density at radius 3 is 2.45 bits per heavy atom. The van der Waals surface area contributed by atoms with Gasteiger partial charge >= 0.3 is 6.09 Å². The molecule has 0 spiro atoms. The molecule has 0 saturated carbocycles. The molecule has 2 aromatic carbocycles. The molecular weight excluding hydrogens is 438 g/mol. The number of ether oxygens (including phenoxy) is 3. The van der Waals surface area contributed by atoms with E-state index in [-0.39, 0.29) is 13.2 Å². The van der Waals surface area contributed by atoms with Crippen molar-refractivity contribution >= 4 is 22.0 Å². The molecule has 2 aliphatic rings. The Morgan fingerprint density at radius 2 is 1.76 bits per heavy atom. The highest BCUT2D eigenvalue weighted by Gasteiger charge is 2.41. The zero-order chi connectivity index (χ0) is 20.6. The van der Waals surface area contributed by atoms with Crippen molar-refractivity contribution < 1.29 is 24.1 Å². The van der Waals surface area contributed by atoms with Crippen LogP contribution in [0.5, 0.6) is 11.5 Å². The fourth-order valence-electron chi connectivity index (χ4n) is 3.73. The van der Waals surface area contributed by atoms with E-state index < -0.39 is 17.4 Å². The van der Waals surface area contributed by atoms with Gasteiger partial charge in [-0.2, -0.15) is 0 Å². The van der Waals surface area contributed by atoms with E-state index in [9.17, 15) is 9.90 Å². The summed E-state index contributed by atoms with van der Waals surface area (Å²) in [7, 11) is 0. The third kappa shape index (κ3) is 4.57. The molecule has 2 heterocycles. The van der Waals surface area contributed by atoms with Gasteiger partial charge in [-0.1, -0.05) is 28.1 Å². The molecule has 0 aromatic heterocycles. The molecule has 1 amide bonds. The van der Waals surface area contributed by atoms with Gasteiger partial charge in [-0.15, -0.1) is 0 Å². The molecule has 29 heavy (non-hydrogen) atoms. The maximum absolute atomic E-state index is 11.3. The van der Waals surface area contributed by atoms with Crippen LogP contribution < -0.4 is 10.1 Å². The first kappa shape index (κ1) is 20.2. The van der Waals surface area contributed by atoms with Crippen molar-refractivity contribution in [2.24, 2.45) is 0 Å². The van der Waals surface area contributed by atoms with Crippen LogP contribution in [0.1, 0.15) is 37.0 Å². The van der Waals surface area contributed by atoms with Crippen LogP contribution in [0.2, 0.25) is 0 Å². The number of aryl methyl sites for hydroxylation is 1. The largest absolute Gasteiger partial charge is 0.465 e. The summed E-state index contributed by atoms with van der Waals surface area (Å²) < 4.78 is 18.5. The van der Waals surface area contributed by atoms with E-state index in [4.69, 9.17) is 14.2 Å². The van der Waals surface area contributed by atoms with Gasteiger partial charge in [0.05, 0.1) is 18.8 Å². The zero-order valence-electron chi connectivity index (χ0n) is 16.5. The van der Waals surface area contributed by atoms with E-state index in [0.717, 1.165) is 39.1 Å². The lowest BCUT2D eigenvalue weighted by molar-refractivity contribution is -0.271. The maximum Gasteiger partial charge on any atom is 0.405 e. The SMILES string of the molecule is CC1(C)OCC(CCc2ccc3c(c2)Cc2cc(Br)ccc2O3)(NC(=O)O)CO1. The summed E-state index contributed by atoms with van der Waals surface area (Å²) >= 11 is 3.51. The summed E-state index contributed by atoms with van der Waals surface area (Å²) in [5, 5.41) is 11.9. The molecule has 2 aromatic rings. The van der Waals surface area contributed by atoms with Crippen molar-refractivity contribution in [2.45, 2.75) is 44.4 Å². The molecule has 0 bridgehead atoms. The Morgan fingerprint density at radius 1 is 1.10 bits per heavy atom. The summed E-state index contributed by atoms with van der Waals surface area (Å²) in [6, 6.07) is 12.2. The molecule has 0 unspecified atom stereocenters. The molecule has 6 nitrogen and oxygen atoms in total. The molecule has 154 valence electrons. The molecule has 7 heteroatoms. The van der Waals surface area contributed by atoms with Gasteiger partial charge < -0.3 is 24.6 Å². The number of amides is 1. The third-order valence-corrected chi connectivity index (χ3v) is 5.90. The lowest BCUT2D eigenvalue weighted by Gasteiger charge is -2.43. The van der Waals surface area contributed by atoms with Gasteiger partial charge in [0.1, 0.15) is 11.5 Å². The fourth-order valence-corrected chi connectivity index (χ4v) is 4.14. The van der Waals surface area contributed by atoms with E-state index >= 15 is 0 Å². The van der Waals surface area contributed by atoms with Crippen LogP contribution in [-0.2, 0) is 22.3 Å². The Hall–Kier alpha value is -2.09. The predicted molar refractivity (Wildman–Crippen MR) is 112 cm³/mol. The van der Waals surface area contributed by atoms with Crippen LogP contribution in [0.15, 0.2) is 40.9 Å². The van der Waals surface area contributed by atoms with Gasteiger partial charge in [-0.3, -0.25) is 0 Å². The van der Waals surface area contributed by atoms with Crippen LogP contribution in [-0.4, -0.2) is 35.7 Å². The van der Waals surface area contributed by atoms with Gasteiger partial charge in [-0.05, 0) is 62.1 Å². The number of nitrogens with one attached hydrogen (secondary N) is 1. The summed E-state index contributed by atoms with van der Waals surface area (Å²) in [6.45, 7) is 4.22. The smallest absolute Gasteiger partial charge is 0.405 e. The number of rotatable bonds is 4. The molecule has 4 rings (SSSR count). The highest BCUT2D eigenvalue weighted by Crippen LogP contribution is 2.38. The molecular formula is C22H24BrNO5. The summed E-state index contributed by atoms with van der Waals surface area (Å²) in [6.07, 6.45) is 1.01. The minimum Gasteiger partial charge on any atom is -0.465 e. The van der Waals surface area contributed by atoms with Gasteiger partial charge in [0.25, 0.3) is 0 Å². The highest BCUT2D eigenvalue weighted by atomic mass is 79.9.